The summed E-state index contributed by atoms with van der Waals surface area (Å²) in [5.41, 5.74) is 0. The number of methoxy groups -OCH3 is 1. The number of halogens is 1. The van der Waals surface area contributed by atoms with Crippen LogP contribution in [0, 0.1) is 0 Å². The molecule has 0 bridgehead atoms. The van der Waals surface area contributed by atoms with Gasteiger partial charge in [0.2, 0.25) is 0 Å². The van der Waals surface area contributed by atoms with Crippen LogP contribution in [0.3, 0.4) is 0 Å². The number of ether oxygens (including phenoxy) is 2. The number of aliphatic hydroxyl groups excluding tert-OH is 1. The van der Waals surface area contributed by atoms with Crippen molar-refractivity contribution < 1.29 is 14.6 Å². The maximum Gasteiger partial charge on any atom is 0.133 e. The highest BCUT2D eigenvalue weighted by molar-refractivity contribution is 8.00. The van der Waals surface area contributed by atoms with E-state index in [1.54, 1.807) is 18.9 Å². The van der Waals surface area contributed by atoms with Crippen LogP contribution < -0.4 is 9.47 Å². The molecule has 0 radical (unpaired) electrons. The van der Waals surface area contributed by atoms with Crippen LogP contribution in [0.15, 0.2) is 23.1 Å². The summed E-state index contributed by atoms with van der Waals surface area (Å²) in [5, 5.41) is 10.4. The quantitative estimate of drug-likeness (QED) is 0.866. The lowest BCUT2D eigenvalue weighted by atomic mass is 10.1. The van der Waals surface area contributed by atoms with E-state index in [0.29, 0.717) is 5.88 Å². The van der Waals surface area contributed by atoms with Gasteiger partial charge in [-0.15, -0.1) is 23.4 Å². The van der Waals surface area contributed by atoms with Gasteiger partial charge in [-0.3, -0.25) is 0 Å². The summed E-state index contributed by atoms with van der Waals surface area (Å²) in [7, 11) is 1.65. The van der Waals surface area contributed by atoms with Gasteiger partial charge in [0.05, 0.1) is 12.0 Å². The van der Waals surface area contributed by atoms with Gasteiger partial charge in [0.15, 0.2) is 0 Å². The average Bonchev–Trinajstić information content (AvgIpc) is 2.54. The van der Waals surface area contributed by atoms with E-state index in [4.69, 9.17) is 21.1 Å². The third-order valence-corrected chi connectivity index (χ3v) is 4.88. The summed E-state index contributed by atoms with van der Waals surface area (Å²) in [4.78, 5) is 1.02. The number of benzene rings is 1. The minimum atomic E-state index is -0.494. The maximum atomic E-state index is 10.3. The van der Waals surface area contributed by atoms with Crippen molar-refractivity contribution >= 4 is 23.4 Å². The monoisotopic (exact) mass is 302 g/mol. The number of rotatable bonds is 4. The smallest absolute Gasteiger partial charge is 0.133 e. The molecular formula is C14H19ClO3S. The van der Waals surface area contributed by atoms with Crippen LogP contribution in [0.5, 0.6) is 11.5 Å². The first-order chi connectivity index (χ1) is 9.15. The van der Waals surface area contributed by atoms with Crippen LogP contribution in [0.4, 0.5) is 0 Å². The first-order valence-electron chi connectivity index (χ1n) is 6.41. The standard InChI is InChI=1S/C14H19ClO3S/c1-9-14(16)12(4-3-7-15)19-13-8-10(17-2)5-6-11(13)18-9/h5-6,8-9,12,14,16H,3-4,7H2,1-2H3. The summed E-state index contributed by atoms with van der Waals surface area (Å²) >= 11 is 7.40. The zero-order valence-corrected chi connectivity index (χ0v) is 12.7. The summed E-state index contributed by atoms with van der Waals surface area (Å²) in [5.74, 6) is 2.23. The second-order valence-electron chi connectivity index (χ2n) is 4.61. The molecule has 1 aromatic rings. The van der Waals surface area contributed by atoms with Gasteiger partial charge in [-0.25, -0.2) is 0 Å². The molecule has 1 heterocycles. The number of fused-ring (bicyclic) bond motifs is 1. The molecule has 0 aromatic heterocycles. The summed E-state index contributed by atoms with van der Waals surface area (Å²) in [6.45, 7) is 1.90. The Morgan fingerprint density at radius 2 is 2.26 bits per heavy atom. The first kappa shape index (κ1) is 14.8. The molecule has 1 aromatic carbocycles. The zero-order chi connectivity index (χ0) is 13.8. The SMILES string of the molecule is COc1ccc2c(c1)SC(CCCCl)C(O)C(C)O2. The lowest BCUT2D eigenvalue weighted by Gasteiger charge is -2.23. The molecule has 106 valence electrons. The van der Waals surface area contributed by atoms with Crippen molar-refractivity contribution in [2.45, 2.75) is 42.1 Å². The van der Waals surface area contributed by atoms with Crippen molar-refractivity contribution in [3.63, 3.8) is 0 Å². The maximum absolute atomic E-state index is 10.3. The van der Waals surface area contributed by atoms with E-state index in [9.17, 15) is 5.11 Å². The fourth-order valence-corrected chi connectivity index (χ4v) is 3.66. The second-order valence-corrected chi connectivity index (χ2v) is 6.27. The number of thioether (sulfide) groups is 1. The van der Waals surface area contributed by atoms with E-state index in [1.807, 2.05) is 25.1 Å². The van der Waals surface area contributed by atoms with Crippen molar-refractivity contribution in [1.82, 2.24) is 0 Å². The molecule has 3 nitrogen and oxygen atoms in total. The molecule has 3 atom stereocenters. The second kappa shape index (κ2) is 6.73. The van der Waals surface area contributed by atoms with Crippen LogP contribution in [0.2, 0.25) is 0 Å². The van der Waals surface area contributed by atoms with E-state index in [2.05, 4.69) is 0 Å². The first-order valence-corrected chi connectivity index (χ1v) is 7.82. The Kier molecular flexibility index (Phi) is 5.25. The Morgan fingerprint density at radius 3 is 2.95 bits per heavy atom. The molecule has 1 N–H and O–H groups in total. The molecule has 0 aliphatic carbocycles. The normalized spacial score (nSPS) is 26.2. The highest BCUT2D eigenvalue weighted by atomic mass is 35.5. The van der Waals surface area contributed by atoms with Gasteiger partial charge in [-0.05, 0) is 38.0 Å². The third-order valence-electron chi connectivity index (χ3n) is 3.23. The Bertz CT molecular complexity index is 427. The molecule has 5 heteroatoms. The van der Waals surface area contributed by atoms with Crippen LogP contribution in [0.25, 0.3) is 0 Å². The van der Waals surface area contributed by atoms with E-state index in [-0.39, 0.29) is 11.4 Å². The summed E-state index contributed by atoms with van der Waals surface area (Å²) in [6.07, 6.45) is 1.05. The Balaban J connectivity index is 2.24. The average molecular weight is 303 g/mol. The van der Waals surface area contributed by atoms with Crippen molar-refractivity contribution in [2.75, 3.05) is 13.0 Å². The van der Waals surface area contributed by atoms with Crippen molar-refractivity contribution in [3.8, 4) is 11.5 Å². The van der Waals surface area contributed by atoms with Crippen LogP contribution in [-0.4, -0.2) is 35.6 Å². The van der Waals surface area contributed by atoms with Gasteiger partial charge in [-0.1, -0.05) is 0 Å². The number of hydrogen-bond donors (Lipinski definition) is 1. The van der Waals surface area contributed by atoms with E-state index >= 15 is 0 Å². The van der Waals surface area contributed by atoms with Gasteiger partial charge in [-0.2, -0.15) is 0 Å². The molecule has 0 fully saturated rings. The number of alkyl halides is 1. The third kappa shape index (κ3) is 3.50. The largest absolute Gasteiger partial charge is 0.497 e. The molecule has 19 heavy (non-hydrogen) atoms. The van der Waals surface area contributed by atoms with Crippen LogP contribution >= 0.6 is 23.4 Å². The van der Waals surface area contributed by atoms with E-state index < -0.39 is 6.10 Å². The lowest BCUT2D eigenvalue weighted by molar-refractivity contribution is 0.0459. The fraction of sp³-hybridized carbons (Fsp3) is 0.571. The van der Waals surface area contributed by atoms with Gasteiger partial charge in [0.1, 0.15) is 23.7 Å². The minimum absolute atomic E-state index is 0.0992. The van der Waals surface area contributed by atoms with Crippen molar-refractivity contribution in [1.29, 1.82) is 0 Å². The number of hydrogen-bond acceptors (Lipinski definition) is 4. The van der Waals surface area contributed by atoms with Gasteiger partial charge in [0.25, 0.3) is 0 Å². The van der Waals surface area contributed by atoms with E-state index in [1.165, 1.54) is 0 Å². The summed E-state index contributed by atoms with van der Waals surface area (Å²) in [6, 6.07) is 5.73. The van der Waals surface area contributed by atoms with Gasteiger partial charge < -0.3 is 14.6 Å². The molecular weight excluding hydrogens is 284 g/mol. The Hall–Kier alpha value is -0.580. The zero-order valence-electron chi connectivity index (χ0n) is 11.1. The molecule has 0 spiro atoms. The van der Waals surface area contributed by atoms with Crippen LogP contribution in [-0.2, 0) is 0 Å². The van der Waals surface area contributed by atoms with Crippen molar-refractivity contribution in [3.05, 3.63) is 18.2 Å². The molecule has 0 saturated heterocycles. The molecule has 0 amide bonds. The topological polar surface area (TPSA) is 38.7 Å². The highest BCUT2D eigenvalue weighted by Gasteiger charge is 2.31. The predicted molar refractivity (Wildman–Crippen MR) is 78.7 cm³/mol. The highest BCUT2D eigenvalue weighted by Crippen LogP contribution is 2.41. The minimum Gasteiger partial charge on any atom is -0.497 e. The Morgan fingerprint density at radius 1 is 1.47 bits per heavy atom. The number of aliphatic hydroxyl groups is 1. The molecule has 2 rings (SSSR count). The van der Waals surface area contributed by atoms with Crippen LogP contribution in [0.1, 0.15) is 19.8 Å². The molecule has 1 aliphatic rings. The Labute approximate surface area is 123 Å². The fourth-order valence-electron chi connectivity index (χ4n) is 2.12. The summed E-state index contributed by atoms with van der Waals surface area (Å²) < 4.78 is 11.1. The molecule has 0 saturated carbocycles. The molecule has 3 unspecified atom stereocenters. The van der Waals surface area contributed by atoms with Gasteiger partial charge >= 0.3 is 0 Å². The van der Waals surface area contributed by atoms with Crippen molar-refractivity contribution in [2.24, 2.45) is 0 Å². The van der Waals surface area contributed by atoms with E-state index in [0.717, 1.165) is 29.2 Å². The van der Waals surface area contributed by atoms with Gasteiger partial charge in [0, 0.05) is 11.1 Å². The lowest BCUT2D eigenvalue weighted by Crippen LogP contribution is -2.35. The predicted octanol–water partition coefficient (Wildman–Crippen LogP) is 3.32. The molecule has 1 aliphatic heterocycles.